The van der Waals surface area contributed by atoms with Crippen LogP contribution in [-0.4, -0.2) is 30.3 Å². The molecule has 0 aliphatic carbocycles. The second-order valence-electron chi connectivity index (χ2n) is 8.92. The number of nitrogens with zero attached hydrogens (tertiary/aromatic N) is 5. The van der Waals surface area contributed by atoms with E-state index in [1.165, 1.54) is 6.33 Å². The van der Waals surface area contributed by atoms with Crippen molar-refractivity contribution in [3.63, 3.8) is 0 Å². The standard InChI is InChI=1S/C23H23N7O2/c1-23(2)6-8-30-19(23)10-20(28-30)27-22(31)29-7-5-14-9-15(3-4-18(14)29)32-21-16-11-24-12-17(16)25-13-26-21/h3-5,7,9-10,13,24H,6,8,11-12H2,1-2H3,(H,27,28,31). The Hall–Kier alpha value is -3.72. The van der Waals surface area contributed by atoms with Gasteiger partial charge in [-0.05, 0) is 30.7 Å². The van der Waals surface area contributed by atoms with Crippen molar-refractivity contribution < 1.29 is 9.53 Å². The number of nitrogens with one attached hydrogen (secondary N) is 2. The molecule has 9 heteroatoms. The largest absolute Gasteiger partial charge is 0.439 e. The zero-order valence-electron chi connectivity index (χ0n) is 17.9. The van der Waals surface area contributed by atoms with Crippen LogP contribution in [0.25, 0.3) is 10.9 Å². The van der Waals surface area contributed by atoms with Gasteiger partial charge in [-0.2, -0.15) is 5.10 Å². The number of anilines is 1. The summed E-state index contributed by atoms with van der Waals surface area (Å²) >= 11 is 0. The van der Waals surface area contributed by atoms with Gasteiger partial charge in [-0.3, -0.25) is 14.6 Å². The van der Waals surface area contributed by atoms with Crippen molar-refractivity contribution in [3.8, 4) is 11.6 Å². The van der Waals surface area contributed by atoms with Gasteiger partial charge in [0.1, 0.15) is 12.1 Å². The minimum absolute atomic E-state index is 0.0758. The number of fused-ring (bicyclic) bond motifs is 3. The molecule has 0 bridgehead atoms. The van der Waals surface area contributed by atoms with Gasteiger partial charge >= 0.3 is 6.03 Å². The molecule has 2 aliphatic heterocycles. The highest BCUT2D eigenvalue weighted by Gasteiger charge is 2.32. The monoisotopic (exact) mass is 429 g/mol. The SMILES string of the molecule is CC1(C)CCn2nc(NC(=O)n3ccc4cc(Oc5ncnc6c5CNC6)ccc43)cc21. The van der Waals surface area contributed by atoms with E-state index in [0.29, 0.717) is 24.0 Å². The van der Waals surface area contributed by atoms with Crippen molar-refractivity contribution in [3.05, 3.63) is 59.8 Å². The van der Waals surface area contributed by atoms with Gasteiger partial charge in [0, 0.05) is 48.4 Å². The molecule has 3 aromatic heterocycles. The van der Waals surface area contributed by atoms with Gasteiger partial charge < -0.3 is 10.1 Å². The zero-order valence-corrected chi connectivity index (χ0v) is 17.9. The van der Waals surface area contributed by atoms with E-state index in [1.807, 2.05) is 35.0 Å². The molecule has 0 saturated heterocycles. The Bertz CT molecular complexity index is 1370. The van der Waals surface area contributed by atoms with E-state index in [9.17, 15) is 4.79 Å². The molecule has 0 atom stereocenters. The molecule has 0 fully saturated rings. The Balaban J connectivity index is 1.24. The van der Waals surface area contributed by atoms with Crippen molar-refractivity contribution in [1.82, 2.24) is 29.6 Å². The first kappa shape index (κ1) is 19.0. The van der Waals surface area contributed by atoms with Crippen molar-refractivity contribution in [2.75, 3.05) is 5.32 Å². The molecule has 0 unspecified atom stereocenters. The van der Waals surface area contributed by atoms with Crippen LogP contribution in [0.3, 0.4) is 0 Å². The van der Waals surface area contributed by atoms with Crippen LogP contribution >= 0.6 is 0 Å². The molecule has 0 spiro atoms. The molecule has 4 aromatic rings. The number of carbonyl (C=O) groups is 1. The molecule has 2 aliphatic rings. The number of benzene rings is 1. The van der Waals surface area contributed by atoms with E-state index in [0.717, 1.165) is 47.4 Å². The van der Waals surface area contributed by atoms with Crippen molar-refractivity contribution in [2.45, 2.75) is 45.3 Å². The molecule has 0 radical (unpaired) electrons. The smallest absolute Gasteiger partial charge is 0.331 e. The summed E-state index contributed by atoms with van der Waals surface area (Å²) in [6.45, 7) is 6.69. The van der Waals surface area contributed by atoms with E-state index in [2.05, 4.69) is 39.5 Å². The van der Waals surface area contributed by atoms with Gasteiger partial charge in [0.25, 0.3) is 0 Å². The lowest BCUT2D eigenvalue weighted by molar-refractivity contribution is 0.254. The van der Waals surface area contributed by atoms with Crippen LogP contribution in [0.1, 0.15) is 37.2 Å². The summed E-state index contributed by atoms with van der Waals surface area (Å²) in [5.41, 5.74) is 3.97. The highest BCUT2D eigenvalue weighted by molar-refractivity contribution is 5.98. The van der Waals surface area contributed by atoms with Crippen LogP contribution in [-0.2, 0) is 25.0 Å². The molecular weight excluding hydrogens is 406 g/mol. The lowest BCUT2D eigenvalue weighted by Gasteiger charge is -2.14. The first-order valence-corrected chi connectivity index (χ1v) is 10.7. The third-order valence-corrected chi connectivity index (χ3v) is 6.34. The fourth-order valence-corrected chi connectivity index (χ4v) is 4.50. The van der Waals surface area contributed by atoms with Crippen LogP contribution < -0.4 is 15.4 Å². The van der Waals surface area contributed by atoms with Crippen LogP contribution in [0.15, 0.2) is 42.9 Å². The summed E-state index contributed by atoms with van der Waals surface area (Å²) in [5.74, 6) is 1.80. The number of aryl methyl sites for hydroxylation is 1. The van der Waals surface area contributed by atoms with E-state index in [-0.39, 0.29) is 11.4 Å². The van der Waals surface area contributed by atoms with Crippen LogP contribution in [0.2, 0.25) is 0 Å². The molecule has 9 nitrogen and oxygen atoms in total. The number of aromatic nitrogens is 5. The van der Waals surface area contributed by atoms with Gasteiger partial charge in [-0.25, -0.2) is 14.8 Å². The highest BCUT2D eigenvalue weighted by Crippen LogP contribution is 2.35. The van der Waals surface area contributed by atoms with Crippen LogP contribution in [0.5, 0.6) is 11.6 Å². The maximum absolute atomic E-state index is 12.9. The average molecular weight is 429 g/mol. The third-order valence-electron chi connectivity index (χ3n) is 6.34. The number of carbonyl (C=O) groups excluding carboxylic acids is 1. The summed E-state index contributed by atoms with van der Waals surface area (Å²) in [5, 5.41) is 11.6. The molecular formula is C23H23N7O2. The normalized spacial score (nSPS) is 16.2. The van der Waals surface area contributed by atoms with Gasteiger partial charge in [0.05, 0.1) is 16.8 Å². The number of rotatable bonds is 3. The second-order valence-corrected chi connectivity index (χ2v) is 8.92. The third kappa shape index (κ3) is 3.04. The predicted molar refractivity (Wildman–Crippen MR) is 119 cm³/mol. The fraction of sp³-hybridized carbons (Fsp3) is 0.304. The average Bonchev–Trinajstić information content (AvgIpc) is 3.53. The molecule has 6 rings (SSSR count). The lowest BCUT2D eigenvalue weighted by atomic mass is 9.89. The Morgan fingerprint density at radius 3 is 2.97 bits per heavy atom. The van der Waals surface area contributed by atoms with Crippen molar-refractivity contribution in [1.29, 1.82) is 0 Å². The lowest BCUT2D eigenvalue weighted by Crippen LogP contribution is -2.19. The summed E-state index contributed by atoms with van der Waals surface area (Å²) in [6, 6.07) is 9.24. The minimum Gasteiger partial charge on any atom is -0.439 e. The minimum atomic E-state index is -0.247. The Kier molecular flexibility index (Phi) is 4.09. The second kappa shape index (κ2) is 6.89. The summed E-state index contributed by atoms with van der Waals surface area (Å²) in [6.07, 6.45) is 4.34. The van der Waals surface area contributed by atoms with E-state index < -0.39 is 0 Å². The van der Waals surface area contributed by atoms with Crippen molar-refractivity contribution in [2.24, 2.45) is 0 Å². The Labute approximate surface area is 184 Å². The summed E-state index contributed by atoms with van der Waals surface area (Å²) in [4.78, 5) is 21.5. The van der Waals surface area contributed by atoms with Gasteiger partial charge in [0.15, 0.2) is 5.82 Å². The number of hydrogen-bond acceptors (Lipinski definition) is 6. The van der Waals surface area contributed by atoms with E-state index in [1.54, 1.807) is 10.8 Å². The molecule has 1 aromatic carbocycles. The predicted octanol–water partition coefficient (Wildman–Crippen LogP) is 3.78. The molecule has 1 amide bonds. The molecule has 32 heavy (non-hydrogen) atoms. The maximum Gasteiger partial charge on any atom is 0.331 e. The van der Waals surface area contributed by atoms with E-state index >= 15 is 0 Å². The molecule has 0 saturated carbocycles. The molecule has 2 N–H and O–H groups in total. The van der Waals surface area contributed by atoms with Gasteiger partial charge in [-0.1, -0.05) is 13.8 Å². The quantitative estimate of drug-likeness (QED) is 0.514. The Morgan fingerprint density at radius 2 is 2.09 bits per heavy atom. The highest BCUT2D eigenvalue weighted by atomic mass is 16.5. The first-order valence-electron chi connectivity index (χ1n) is 10.7. The number of ether oxygens (including phenoxy) is 1. The van der Waals surface area contributed by atoms with E-state index in [4.69, 9.17) is 4.74 Å². The molecule has 5 heterocycles. The van der Waals surface area contributed by atoms with Crippen LogP contribution in [0, 0.1) is 0 Å². The summed E-state index contributed by atoms with van der Waals surface area (Å²) in [7, 11) is 0. The number of amides is 1. The van der Waals surface area contributed by atoms with Gasteiger partial charge in [-0.15, -0.1) is 0 Å². The first-order chi connectivity index (χ1) is 15.5. The maximum atomic E-state index is 12.9. The fourth-order valence-electron chi connectivity index (χ4n) is 4.50. The van der Waals surface area contributed by atoms with Gasteiger partial charge in [0.2, 0.25) is 5.88 Å². The van der Waals surface area contributed by atoms with Crippen LogP contribution in [0.4, 0.5) is 10.6 Å². The topological polar surface area (TPSA) is 98.9 Å². The molecule has 162 valence electrons. The van der Waals surface area contributed by atoms with Crippen molar-refractivity contribution >= 4 is 22.8 Å². The summed E-state index contributed by atoms with van der Waals surface area (Å²) < 4.78 is 9.60. The number of hydrogen-bond donors (Lipinski definition) is 2. The zero-order chi connectivity index (χ0) is 21.9. The Morgan fingerprint density at radius 1 is 1.19 bits per heavy atom.